The molecule has 1 saturated carbocycles. The highest BCUT2D eigenvalue weighted by Crippen LogP contribution is 2.30. The standard InChI is InChI=1S/C15H24N2O2S/c1-3-16-11-13-6-4-9-15(10-13)20(18,19)17-12(2)14-7-5-8-14/h4,6,9-10,12,14,16-17H,3,5,7-8,11H2,1-2H3. The summed E-state index contributed by atoms with van der Waals surface area (Å²) >= 11 is 0. The minimum atomic E-state index is -3.41. The summed E-state index contributed by atoms with van der Waals surface area (Å²) < 4.78 is 27.6. The van der Waals surface area contributed by atoms with E-state index in [2.05, 4.69) is 10.0 Å². The topological polar surface area (TPSA) is 58.2 Å². The van der Waals surface area contributed by atoms with Crippen molar-refractivity contribution in [3.8, 4) is 0 Å². The SMILES string of the molecule is CCNCc1cccc(S(=O)(=O)NC(C)C2CCC2)c1. The minimum absolute atomic E-state index is 0.0196. The number of hydrogen-bond donors (Lipinski definition) is 2. The number of nitrogens with one attached hydrogen (secondary N) is 2. The van der Waals surface area contributed by atoms with Gasteiger partial charge >= 0.3 is 0 Å². The second-order valence-corrected chi connectivity index (χ2v) is 7.24. The third kappa shape index (κ3) is 3.81. The predicted molar refractivity (Wildman–Crippen MR) is 80.9 cm³/mol. The number of benzene rings is 1. The van der Waals surface area contributed by atoms with Crippen LogP contribution in [0.15, 0.2) is 29.2 Å². The minimum Gasteiger partial charge on any atom is -0.313 e. The molecule has 1 aliphatic rings. The Kier molecular flexibility index (Phi) is 5.18. The van der Waals surface area contributed by atoms with Crippen LogP contribution in [0.1, 0.15) is 38.7 Å². The van der Waals surface area contributed by atoms with Gasteiger partial charge in [-0.1, -0.05) is 25.5 Å². The lowest BCUT2D eigenvalue weighted by Crippen LogP contribution is -2.40. The van der Waals surface area contributed by atoms with Gasteiger partial charge in [-0.3, -0.25) is 0 Å². The molecule has 1 unspecified atom stereocenters. The quantitative estimate of drug-likeness (QED) is 0.811. The molecule has 4 nitrogen and oxygen atoms in total. The molecular formula is C15H24N2O2S. The van der Waals surface area contributed by atoms with Crippen molar-refractivity contribution in [1.29, 1.82) is 0 Å². The monoisotopic (exact) mass is 296 g/mol. The molecule has 2 rings (SSSR count). The highest BCUT2D eigenvalue weighted by molar-refractivity contribution is 7.89. The Labute approximate surface area is 122 Å². The molecule has 0 bridgehead atoms. The molecule has 0 aromatic heterocycles. The molecule has 5 heteroatoms. The molecule has 1 atom stereocenters. The van der Waals surface area contributed by atoms with Gasteiger partial charge in [-0.15, -0.1) is 0 Å². The van der Waals surface area contributed by atoms with Crippen LogP contribution in [0, 0.1) is 5.92 Å². The molecule has 0 amide bonds. The van der Waals surface area contributed by atoms with E-state index in [-0.39, 0.29) is 6.04 Å². The fraction of sp³-hybridized carbons (Fsp3) is 0.600. The van der Waals surface area contributed by atoms with E-state index in [9.17, 15) is 8.42 Å². The van der Waals surface area contributed by atoms with E-state index in [1.165, 1.54) is 6.42 Å². The van der Waals surface area contributed by atoms with Gasteiger partial charge in [0, 0.05) is 12.6 Å². The largest absolute Gasteiger partial charge is 0.313 e. The summed E-state index contributed by atoms with van der Waals surface area (Å²) in [7, 11) is -3.41. The van der Waals surface area contributed by atoms with Crippen LogP contribution in [-0.4, -0.2) is 21.0 Å². The van der Waals surface area contributed by atoms with E-state index in [0.717, 1.165) is 24.9 Å². The van der Waals surface area contributed by atoms with E-state index in [0.29, 0.717) is 17.4 Å². The van der Waals surface area contributed by atoms with Crippen molar-refractivity contribution in [2.45, 2.75) is 50.6 Å². The molecule has 1 fully saturated rings. The first kappa shape index (κ1) is 15.5. The number of hydrogen-bond acceptors (Lipinski definition) is 3. The lowest BCUT2D eigenvalue weighted by atomic mass is 9.81. The Bertz CT molecular complexity index is 539. The summed E-state index contributed by atoms with van der Waals surface area (Å²) in [6, 6.07) is 7.17. The van der Waals surface area contributed by atoms with Gasteiger partial charge in [0.1, 0.15) is 0 Å². The third-order valence-corrected chi connectivity index (χ3v) is 5.54. The Hall–Kier alpha value is -0.910. The molecule has 0 heterocycles. The van der Waals surface area contributed by atoms with Crippen molar-refractivity contribution in [3.63, 3.8) is 0 Å². The average molecular weight is 296 g/mol. The second kappa shape index (κ2) is 6.70. The van der Waals surface area contributed by atoms with Crippen molar-refractivity contribution in [2.75, 3.05) is 6.54 Å². The molecular weight excluding hydrogens is 272 g/mol. The van der Waals surface area contributed by atoms with E-state index < -0.39 is 10.0 Å². The van der Waals surface area contributed by atoms with Crippen LogP contribution in [0.5, 0.6) is 0 Å². The maximum Gasteiger partial charge on any atom is 0.240 e. The molecule has 2 N–H and O–H groups in total. The fourth-order valence-corrected chi connectivity index (χ4v) is 3.82. The molecule has 0 spiro atoms. The zero-order chi connectivity index (χ0) is 14.6. The molecule has 0 radical (unpaired) electrons. The van der Waals surface area contributed by atoms with E-state index >= 15 is 0 Å². The van der Waals surface area contributed by atoms with Crippen LogP contribution in [-0.2, 0) is 16.6 Å². The smallest absolute Gasteiger partial charge is 0.240 e. The molecule has 20 heavy (non-hydrogen) atoms. The highest BCUT2D eigenvalue weighted by Gasteiger charge is 2.27. The normalized spacial score (nSPS) is 17.7. The summed E-state index contributed by atoms with van der Waals surface area (Å²) in [6.45, 7) is 5.55. The summed E-state index contributed by atoms with van der Waals surface area (Å²) in [4.78, 5) is 0.360. The second-order valence-electron chi connectivity index (χ2n) is 5.53. The number of sulfonamides is 1. The van der Waals surface area contributed by atoms with Gasteiger partial charge in [0.2, 0.25) is 10.0 Å². The van der Waals surface area contributed by atoms with Crippen LogP contribution >= 0.6 is 0 Å². The maximum atomic E-state index is 12.4. The first-order chi connectivity index (χ1) is 9.53. The van der Waals surface area contributed by atoms with Crippen molar-refractivity contribution < 1.29 is 8.42 Å². The van der Waals surface area contributed by atoms with Crippen molar-refractivity contribution in [1.82, 2.24) is 10.0 Å². The lowest BCUT2D eigenvalue weighted by molar-refractivity contribution is 0.260. The van der Waals surface area contributed by atoms with Crippen LogP contribution in [0.2, 0.25) is 0 Å². The van der Waals surface area contributed by atoms with Crippen molar-refractivity contribution in [2.24, 2.45) is 5.92 Å². The van der Waals surface area contributed by atoms with E-state index in [4.69, 9.17) is 0 Å². The van der Waals surface area contributed by atoms with Crippen molar-refractivity contribution in [3.05, 3.63) is 29.8 Å². The molecule has 1 aromatic carbocycles. The van der Waals surface area contributed by atoms with Crippen LogP contribution < -0.4 is 10.0 Å². The van der Waals surface area contributed by atoms with E-state index in [1.807, 2.05) is 19.9 Å². The third-order valence-electron chi connectivity index (χ3n) is 3.99. The first-order valence-corrected chi connectivity index (χ1v) is 8.83. The van der Waals surface area contributed by atoms with E-state index in [1.54, 1.807) is 18.2 Å². The molecule has 0 saturated heterocycles. The summed E-state index contributed by atoms with van der Waals surface area (Å²) in [6.07, 6.45) is 3.48. The lowest BCUT2D eigenvalue weighted by Gasteiger charge is -2.31. The molecule has 1 aromatic rings. The first-order valence-electron chi connectivity index (χ1n) is 7.35. The van der Waals surface area contributed by atoms with Gasteiger partial charge in [-0.2, -0.15) is 0 Å². The average Bonchev–Trinajstić information content (AvgIpc) is 2.34. The summed E-state index contributed by atoms with van der Waals surface area (Å²) in [5.41, 5.74) is 0.992. The Morgan fingerprint density at radius 1 is 1.35 bits per heavy atom. The zero-order valence-corrected chi connectivity index (χ0v) is 13.0. The van der Waals surface area contributed by atoms with Crippen LogP contribution in [0.3, 0.4) is 0 Å². The summed E-state index contributed by atoms with van der Waals surface area (Å²) in [5.74, 6) is 0.495. The van der Waals surface area contributed by atoms with Gasteiger partial charge < -0.3 is 5.32 Å². The Morgan fingerprint density at radius 3 is 2.70 bits per heavy atom. The predicted octanol–water partition coefficient (Wildman–Crippen LogP) is 2.26. The van der Waals surface area contributed by atoms with Gasteiger partial charge in [0.05, 0.1) is 4.90 Å². The fourth-order valence-electron chi connectivity index (χ4n) is 2.44. The Balaban J connectivity index is 2.07. The molecule has 112 valence electrons. The van der Waals surface area contributed by atoms with Crippen molar-refractivity contribution >= 4 is 10.0 Å². The van der Waals surface area contributed by atoms with Gasteiger partial charge in [-0.25, -0.2) is 13.1 Å². The zero-order valence-electron chi connectivity index (χ0n) is 12.2. The van der Waals surface area contributed by atoms with Gasteiger partial charge in [-0.05, 0) is 49.9 Å². The maximum absolute atomic E-state index is 12.4. The number of rotatable bonds is 7. The van der Waals surface area contributed by atoms with Crippen LogP contribution in [0.4, 0.5) is 0 Å². The molecule has 0 aliphatic heterocycles. The van der Waals surface area contributed by atoms with Gasteiger partial charge in [0.15, 0.2) is 0 Å². The summed E-state index contributed by atoms with van der Waals surface area (Å²) in [5, 5.41) is 3.21. The van der Waals surface area contributed by atoms with Gasteiger partial charge in [0.25, 0.3) is 0 Å². The highest BCUT2D eigenvalue weighted by atomic mass is 32.2. The Morgan fingerprint density at radius 2 is 2.10 bits per heavy atom. The molecule has 1 aliphatic carbocycles. The van der Waals surface area contributed by atoms with Crippen LogP contribution in [0.25, 0.3) is 0 Å².